The quantitative estimate of drug-likeness (QED) is 0.901. The fourth-order valence-corrected chi connectivity index (χ4v) is 2.12. The lowest BCUT2D eigenvalue weighted by atomic mass is 9.85. The van der Waals surface area contributed by atoms with E-state index in [1.807, 2.05) is 6.07 Å². The van der Waals surface area contributed by atoms with Crippen molar-refractivity contribution in [1.29, 1.82) is 5.26 Å². The van der Waals surface area contributed by atoms with Crippen molar-refractivity contribution < 1.29 is 0 Å². The largest absolute Gasteiger partial charge is 0.367 e. The molecule has 0 radical (unpaired) electrons. The number of nitrogens with one attached hydrogen (secondary N) is 1. The lowest BCUT2D eigenvalue weighted by molar-refractivity contribution is 0.217. The topological polar surface area (TPSA) is 52.0 Å². The molecule has 1 atom stereocenters. The maximum absolute atomic E-state index is 8.92. The maximum Gasteiger partial charge on any atom is 0.161 e. The molecule has 1 rings (SSSR count). The van der Waals surface area contributed by atoms with E-state index in [4.69, 9.17) is 16.9 Å². The summed E-state index contributed by atoms with van der Waals surface area (Å²) in [7, 11) is 4.12. The lowest BCUT2D eigenvalue weighted by Gasteiger charge is -2.35. The first-order valence-corrected chi connectivity index (χ1v) is 6.62. The van der Waals surface area contributed by atoms with E-state index in [0.717, 1.165) is 6.54 Å². The standard InChI is InChI=1S/C14H21ClN4/c1-10(14(2,3)9-19(4)5)17-13-7-6-11(15)12(8-16)18-13/h6-7,10H,9H2,1-5H3,(H,17,18). The van der Waals surface area contributed by atoms with Crippen LogP contribution in [0.2, 0.25) is 5.02 Å². The first-order valence-electron chi connectivity index (χ1n) is 6.24. The Morgan fingerprint density at radius 2 is 2.11 bits per heavy atom. The molecule has 0 saturated heterocycles. The summed E-state index contributed by atoms with van der Waals surface area (Å²) in [4.78, 5) is 6.37. The smallest absolute Gasteiger partial charge is 0.161 e. The maximum atomic E-state index is 8.92. The van der Waals surface area contributed by atoms with Crippen LogP contribution in [0.15, 0.2) is 12.1 Å². The molecule has 0 bridgehead atoms. The Balaban J connectivity index is 2.82. The zero-order chi connectivity index (χ0) is 14.6. The molecule has 0 aliphatic heterocycles. The molecule has 104 valence electrons. The van der Waals surface area contributed by atoms with Gasteiger partial charge in [-0.15, -0.1) is 0 Å². The Hall–Kier alpha value is -1.31. The highest BCUT2D eigenvalue weighted by atomic mass is 35.5. The van der Waals surface area contributed by atoms with Gasteiger partial charge in [-0.25, -0.2) is 4.98 Å². The van der Waals surface area contributed by atoms with Crippen LogP contribution in [0.25, 0.3) is 0 Å². The minimum absolute atomic E-state index is 0.0810. The third-order valence-electron chi connectivity index (χ3n) is 3.21. The van der Waals surface area contributed by atoms with E-state index >= 15 is 0 Å². The fraction of sp³-hybridized carbons (Fsp3) is 0.571. The molecule has 5 heteroatoms. The molecule has 19 heavy (non-hydrogen) atoms. The van der Waals surface area contributed by atoms with Gasteiger partial charge in [0.2, 0.25) is 0 Å². The second-order valence-electron chi connectivity index (χ2n) is 5.73. The average molecular weight is 281 g/mol. The van der Waals surface area contributed by atoms with Crippen LogP contribution in [-0.4, -0.2) is 36.6 Å². The van der Waals surface area contributed by atoms with Gasteiger partial charge in [-0.05, 0) is 38.6 Å². The zero-order valence-corrected chi connectivity index (χ0v) is 12.9. The third kappa shape index (κ3) is 4.38. The van der Waals surface area contributed by atoms with Gasteiger partial charge in [0.1, 0.15) is 11.9 Å². The Labute approximate surface area is 120 Å². The van der Waals surface area contributed by atoms with Crippen LogP contribution < -0.4 is 5.32 Å². The first-order chi connectivity index (χ1) is 8.76. The molecule has 0 aliphatic carbocycles. The number of nitriles is 1. The monoisotopic (exact) mass is 280 g/mol. The number of aromatic nitrogens is 1. The molecule has 0 aliphatic rings. The molecule has 0 spiro atoms. The van der Waals surface area contributed by atoms with Gasteiger partial charge in [0.25, 0.3) is 0 Å². The number of hydrogen-bond donors (Lipinski definition) is 1. The van der Waals surface area contributed by atoms with E-state index in [0.29, 0.717) is 10.8 Å². The molecule has 1 unspecified atom stereocenters. The van der Waals surface area contributed by atoms with E-state index in [1.54, 1.807) is 12.1 Å². The number of rotatable bonds is 5. The summed E-state index contributed by atoms with van der Waals surface area (Å²) >= 11 is 5.87. The Morgan fingerprint density at radius 3 is 2.63 bits per heavy atom. The number of halogens is 1. The predicted octanol–water partition coefficient (Wildman–Crippen LogP) is 2.99. The Kier molecular flexibility index (Phi) is 5.16. The molecular weight excluding hydrogens is 260 g/mol. The highest BCUT2D eigenvalue weighted by Gasteiger charge is 2.26. The number of nitrogens with zero attached hydrogens (tertiary/aromatic N) is 3. The summed E-state index contributed by atoms with van der Waals surface area (Å²) in [6.45, 7) is 7.48. The van der Waals surface area contributed by atoms with Crippen LogP contribution >= 0.6 is 11.6 Å². The van der Waals surface area contributed by atoms with Gasteiger partial charge in [-0.2, -0.15) is 5.26 Å². The average Bonchev–Trinajstić information content (AvgIpc) is 2.29. The van der Waals surface area contributed by atoms with Crippen LogP contribution in [0.4, 0.5) is 5.82 Å². The minimum Gasteiger partial charge on any atom is -0.367 e. The first kappa shape index (κ1) is 15.7. The van der Waals surface area contributed by atoms with Crippen molar-refractivity contribution in [3.63, 3.8) is 0 Å². The summed E-state index contributed by atoms with van der Waals surface area (Å²) in [5.41, 5.74) is 0.335. The third-order valence-corrected chi connectivity index (χ3v) is 3.52. The fourth-order valence-electron chi connectivity index (χ4n) is 1.97. The van der Waals surface area contributed by atoms with Crippen LogP contribution in [0.5, 0.6) is 0 Å². The summed E-state index contributed by atoms with van der Waals surface area (Å²) in [5, 5.41) is 12.6. The Bertz CT molecular complexity index is 477. The van der Waals surface area contributed by atoms with Gasteiger partial charge in [0, 0.05) is 12.6 Å². The van der Waals surface area contributed by atoms with Gasteiger partial charge in [-0.1, -0.05) is 25.4 Å². The second-order valence-corrected chi connectivity index (χ2v) is 6.14. The van der Waals surface area contributed by atoms with E-state index in [9.17, 15) is 0 Å². The molecule has 1 N–H and O–H groups in total. The van der Waals surface area contributed by atoms with Gasteiger partial charge < -0.3 is 10.2 Å². The lowest BCUT2D eigenvalue weighted by Crippen LogP contribution is -2.41. The number of hydrogen-bond acceptors (Lipinski definition) is 4. The highest BCUT2D eigenvalue weighted by Crippen LogP contribution is 2.25. The molecule has 1 aromatic heterocycles. The van der Waals surface area contributed by atoms with Crippen LogP contribution in [0, 0.1) is 16.7 Å². The molecule has 0 saturated carbocycles. The summed E-state index contributed by atoms with van der Waals surface area (Å²) < 4.78 is 0. The predicted molar refractivity (Wildman–Crippen MR) is 79.4 cm³/mol. The van der Waals surface area contributed by atoms with Crippen molar-refractivity contribution >= 4 is 17.4 Å². The van der Waals surface area contributed by atoms with Crippen molar-refractivity contribution in [3.8, 4) is 6.07 Å². The summed E-state index contributed by atoms with van der Waals surface area (Å²) in [5.74, 6) is 0.681. The van der Waals surface area contributed by atoms with Crippen LogP contribution in [-0.2, 0) is 0 Å². The van der Waals surface area contributed by atoms with Gasteiger partial charge in [0.15, 0.2) is 5.69 Å². The van der Waals surface area contributed by atoms with E-state index in [2.05, 4.69) is 50.1 Å². The SMILES string of the molecule is CC(Nc1ccc(Cl)c(C#N)n1)C(C)(C)CN(C)C. The molecule has 4 nitrogen and oxygen atoms in total. The number of anilines is 1. The van der Waals surface area contributed by atoms with Crippen LogP contribution in [0.1, 0.15) is 26.5 Å². The Morgan fingerprint density at radius 1 is 1.47 bits per heavy atom. The number of pyridine rings is 1. The summed E-state index contributed by atoms with van der Waals surface area (Å²) in [6.07, 6.45) is 0. The van der Waals surface area contributed by atoms with Gasteiger partial charge in [0.05, 0.1) is 5.02 Å². The van der Waals surface area contributed by atoms with Crippen molar-refractivity contribution in [2.75, 3.05) is 26.0 Å². The second kappa shape index (κ2) is 6.23. The molecular formula is C14H21ClN4. The van der Waals surface area contributed by atoms with Crippen molar-refractivity contribution in [1.82, 2.24) is 9.88 Å². The molecule has 1 aromatic rings. The normalized spacial score (nSPS) is 13.2. The minimum atomic E-state index is 0.0810. The van der Waals surface area contributed by atoms with Crippen LogP contribution in [0.3, 0.4) is 0 Å². The van der Waals surface area contributed by atoms with E-state index in [-0.39, 0.29) is 17.2 Å². The molecule has 0 aromatic carbocycles. The molecule has 1 heterocycles. The summed E-state index contributed by atoms with van der Waals surface area (Å²) in [6, 6.07) is 5.70. The van der Waals surface area contributed by atoms with E-state index in [1.165, 1.54) is 0 Å². The highest BCUT2D eigenvalue weighted by molar-refractivity contribution is 6.31. The molecule has 0 amide bonds. The van der Waals surface area contributed by atoms with E-state index < -0.39 is 0 Å². The zero-order valence-electron chi connectivity index (χ0n) is 12.2. The van der Waals surface area contributed by atoms with Crippen molar-refractivity contribution in [2.45, 2.75) is 26.8 Å². The van der Waals surface area contributed by atoms with Crippen molar-refractivity contribution in [2.24, 2.45) is 5.41 Å². The van der Waals surface area contributed by atoms with Gasteiger partial charge in [-0.3, -0.25) is 0 Å². The molecule has 0 fully saturated rings. The van der Waals surface area contributed by atoms with Crippen molar-refractivity contribution in [3.05, 3.63) is 22.8 Å². The van der Waals surface area contributed by atoms with Gasteiger partial charge >= 0.3 is 0 Å².